The van der Waals surface area contributed by atoms with Crippen LogP contribution in [-0.4, -0.2) is 112 Å². The van der Waals surface area contributed by atoms with E-state index in [-0.39, 0.29) is 23.5 Å². The monoisotopic (exact) mass is 665 g/mol. The number of piperazine rings is 1. The van der Waals surface area contributed by atoms with Crippen LogP contribution in [0.25, 0.3) is 0 Å². The maximum atomic E-state index is 13.9. The van der Waals surface area contributed by atoms with E-state index in [9.17, 15) is 14.4 Å². The SMILES string of the molecule is CCc1cc(CN2CCNCC2)ccc1CNC(=O)c1cc(C(C)C)c(CCC(=O)N2CCOCC2)cc1OC(=O)N(CC)CCOC. The molecule has 264 valence electrons. The van der Waals surface area contributed by atoms with Gasteiger partial charge in [0.15, 0.2) is 0 Å². The number of carbonyl (C=O) groups is 3. The van der Waals surface area contributed by atoms with Gasteiger partial charge in [-0.1, -0.05) is 39.0 Å². The van der Waals surface area contributed by atoms with Crippen molar-refractivity contribution in [3.63, 3.8) is 0 Å². The molecule has 2 saturated heterocycles. The van der Waals surface area contributed by atoms with Crippen LogP contribution in [0.15, 0.2) is 30.3 Å². The van der Waals surface area contributed by atoms with Crippen LogP contribution < -0.4 is 15.4 Å². The van der Waals surface area contributed by atoms with E-state index >= 15 is 0 Å². The Morgan fingerprint density at radius 1 is 1.00 bits per heavy atom. The van der Waals surface area contributed by atoms with Crippen molar-refractivity contribution in [3.05, 3.63) is 63.7 Å². The molecule has 0 radical (unpaired) electrons. The second-order valence-electron chi connectivity index (χ2n) is 12.8. The van der Waals surface area contributed by atoms with Gasteiger partial charge in [-0.15, -0.1) is 0 Å². The zero-order chi connectivity index (χ0) is 34.5. The topological polar surface area (TPSA) is 113 Å². The zero-order valence-corrected chi connectivity index (χ0v) is 29.6. The van der Waals surface area contributed by atoms with E-state index < -0.39 is 6.09 Å². The molecule has 48 heavy (non-hydrogen) atoms. The van der Waals surface area contributed by atoms with Gasteiger partial charge in [-0.3, -0.25) is 14.5 Å². The van der Waals surface area contributed by atoms with Gasteiger partial charge >= 0.3 is 6.09 Å². The predicted octanol–water partition coefficient (Wildman–Crippen LogP) is 3.97. The van der Waals surface area contributed by atoms with Crippen molar-refractivity contribution >= 4 is 17.9 Å². The Morgan fingerprint density at radius 2 is 1.75 bits per heavy atom. The molecule has 11 heteroatoms. The van der Waals surface area contributed by atoms with Crippen LogP contribution >= 0.6 is 0 Å². The minimum atomic E-state index is -0.551. The minimum absolute atomic E-state index is 0.0655. The molecular weight excluding hydrogens is 610 g/mol. The highest BCUT2D eigenvalue weighted by Crippen LogP contribution is 2.31. The van der Waals surface area contributed by atoms with Gasteiger partial charge in [0.1, 0.15) is 5.75 Å². The highest BCUT2D eigenvalue weighted by atomic mass is 16.6. The normalized spacial score (nSPS) is 15.4. The number of morpholine rings is 1. The van der Waals surface area contributed by atoms with Crippen molar-refractivity contribution in [2.24, 2.45) is 0 Å². The Morgan fingerprint density at radius 3 is 2.42 bits per heavy atom. The molecule has 2 aromatic rings. The third-order valence-electron chi connectivity index (χ3n) is 9.19. The van der Waals surface area contributed by atoms with E-state index in [1.807, 2.05) is 17.9 Å². The number of aryl methyl sites for hydroxylation is 2. The molecular formula is C37H55N5O6. The van der Waals surface area contributed by atoms with Gasteiger partial charge < -0.3 is 34.6 Å². The number of methoxy groups -OCH3 is 1. The summed E-state index contributed by atoms with van der Waals surface area (Å²) in [5, 5.41) is 6.51. The molecule has 0 unspecified atom stereocenters. The van der Waals surface area contributed by atoms with Crippen LogP contribution in [-0.2, 0) is 40.2 Å². The van der Waals surface area contributed by atoms with E-state index in [2.05, 4.69) is 54.5 Å². The van der Waals surface area contributed by atoms with Gasteiger partial charge in [0.2, 0.25) is 5.91 Å². The fourth-order valence-corrected chi connectivity index (χ4v) is 6.28. The van der Waals surface area contributed by atoms with Gasteiger partial charge in [0.25, 0.3) is 5.91 Å². The molecule has 2 N–H and O–H groups in total. The fourth-order valence-electron chi connectivity index (χ4n) is 6.28. The lowest BCUT2D eigenvalue weighted by Gasteiger charge is -2.27. The summed E-state index contributed by atoms with van der Waals surface area (Å²) in [5.74, 6) is 0.0190. The summed E-state index contributed by atoms with van der Waals surface area (Å²) >= 11 is 0. The van der Waals surface area contributed by atoms with Crippen LogP contribution in [0.4, 0.5) is 4.79 Å². The number of hydrogen-bond acceptors (Lipinski definition) is 8. The lowest BCUT2D eigenvalue weighted by molar-refractivity contribution is -0.135. The molecule has 0 atom stereocenters. The van der Waals surface area contributed by atoms with Gasteiger partial charge in [0.05, 0.1) is 25.4 Å². The van der Waals surface area contributed by atoms with Crippen molar-refractivity contribution in [1.29, 1.82) is 0 Å². The number of amides is 3. The lowest BCUT2D eigenvalue weighted by Crippen LogP contribution is -2.42. The number of rotatable bonds is 15. The number of ether oxygens (including phenoxy) is 3. The van der Waals surface area contributed by atoms with Crippen LogP contribution in [0.2, 0.25) is 0 Å². The van der Waals surface area contributed by atoms with Crippen LogP contribution in [0.5, 0.6) is 5.75 Å². The van der Waals surface area contributed by atoms with Crippen LogP contribution in [0, 0.1) is 0 Å². The molecule has 2 aliphatic heterocycles. The first-order chi connectivity index (χ1) is 23.2. The molecule has 0 aliphatic carbocycles. The quantitative estimate of drug-likeness (QED) is 0.294. The minimum Gasteiger partial charge on any atom is -0.409 e. The number of nitrogens with zero attached hydrogens (tertiary/aromatic N) is 3. The Balaban J connectivity index is 1.56. The number of likely N-dealkylation sites (N-methyl/N-ethyl adjacent to an activating group) is 1. The molecule has 11 nitrogen and oxygen atoms in total. The second-order valence-corrected chi connectivity index (χ2v) is 12.8. The second kappa shape index (κ2) is 18.9. The van der Waals surface area contributed by atoms with Gasteiger partial charge in [-0.2, -0.15) is 0 Å². The lowest BCUT2D eigenvalue weighted by atomic mass is 9.91. The summed E-state index contributed by atoms with van der Waals surface area (Å²) in [4.78, 5) is 46.0. The molecule has 0 spiro atoms. The van der Waals surface area contributed by atoms with E-state index in [0.29, 0.717) is 70.9 Å². The fraction of sp³-hybridized carbons (Fsp3) is 0.595. The number of nitrogens with one attached hydrogen (secondary N) is 2. The largest absolute Gasteiger partial charge is 0.415 e. The average molecular weight is 666 g/mol. The molecule has 2 heterocycles. The molecule has 2 fully saturated rings. The Labute approximate surface area is 286 Å². The molecule has 0 aromatic heterocycles. The van der Waals surface area contributed by atoms with E-state index in [1.54, 1.807) is 18.1 Å². The third kappa shape index (κ3) is 10.5. The van der Waals surface area contributed by atoms with Crippen molar-refractivity contribution in [2.75, 3.05) is 79.3 Å². The molecule has 0 bridgehead atoms. The summed E-state index contributed by atoms with van der Waals surface area (Å²) < 4.78 is 16.5. The predicted molar refractivity (Wildman–Crippen MR) is 187 cm³/mol. The molecule has 4 rings (SSSR count). The van der Waals surface area contributed by atoms with Crippen LogP contribution in [0.1, 0.15) is 78.2 Å². The standard InChI is InChI=1S/C37H55N5O6/c1-6-29-22-28(26-40-14-12-38-13-15-40)8-9-31(29)25-39-36(44)33-24-32(27(3)4)30(10-11-35(43)42-17-20-47-21-18-42)23-34(33)48-37(45)41(7-2)16-19-46-5/h8-9,22-24,27,38H,6-7,10-21,25-26H2,1-5H3,(H,39,44). The average Bonchev–Trinajstić information content (AvgIpc) is 3.10. The smallest absolute Gasteiger partial charge is 0.409 e. The third-order valence-corrected chi connectivity index (χ3v) is 9.19. The number of carbonyl (C=O) groups excluding carboxylic acids is 3. The Hall–Kier alpha value is -3.51. The van der Waals surface area contributed by atoms with Gasteiger partial charge in [0, 0.05) is 79.0 Å². The van der Waals surface area contributed by atoms with E-state index in [0.717, 1.165) is 55.8 Å². The first-order valence-corrected chi connectivity index (χ1v) is 17.5. The summed E-state index contributed by atoms with van der Waals surface area (Å²) in [6.07, 6.45) is 1.09. The van der Waals surface area contributed by atoms with E-state index in [4.69, 9.17) is 14.2 Å². The van der Waals surface area contributed by atoms with E-state index in [1.165, 1.54) is 11.1 Å². The highest BCUT2D eigenvalue weighted by molar-refractivity contribution is 5.98. The van der Waals surface area contributed by atoms with Gasteiger partial charge in [-0.05, 0) is 65.6 Å². The van der Waals surface area contributed by atoms with Crippen molar-refractivity contribution in [1.82, 2.24) is 25.3 Å². The maximum Gasteiger partial charge on any atom is 0.415 e. The van der Waals surface area contributed by atoms with Crippen molar-refractivity contribution < 1.29 is 28.6 Å². The maximum absolute atomic E-state index is 13.9. The summed E-state index contributed by atoms with van der Waals surface area (Å²) in [6, 6.07) is 10.1. The Bertz CT molecular complexity index is 1370. The van der Waals surface area contributed by atoms with Gasteiger partial charge in [-0.25, -0.2) is 4.79 Å². The molecule has 2 aromatic carbocycles. The molecule has 2 aliphatic rings. The van der Waals surface area contributed by atoms with Crippen molar-refractivity contribution in [2.45, 2.75) is 66.0 Å². The van der Waals surface area contributed by atoms with Crippen molar-refractivity contribution in [3.8, 4) is 5.75 Å². The highest BCUT2D eigenvalue weighted by Gasteiger charge is 2.24. The summed E-state index contributed by atoms with van der Waals surface area (Å²) in [5.41, 5.74) is 5.68. The summed E-state index contributed by atoms with van der Waals surface area (Å²) in [6.45, 7) is 16.9. The summed E-state index contributed by atoms with van der Waals surface area (Å²) in [7, 11) is 1.58. The molecule has 0 saturated carbocycles. The first kappa shape index (κ1) is 37.3. The number of benzene rings is 2. The first-order valence-electron chi connectivity index (χ1n) is 17.5. The Kier molecular flexibility index (Phi) is 14.7. The number of hydrogen-bond donors (Lipinski definition) is 2. The van der Waals surface area contributed by atoms with Crippen LogP contribution in [0.3, 0.4) is 0 Å². The zero-order valence-electron chi connectivity index (χ0n) is 29.6. The molecule has 3 amide bonds.